The van der Waals surface area contributed by atoms with Gasteiger partial charge in [0.25, 0.3) is 0 Å². The van der Waals surface area contributed by atoms with Gasteiger partial charge in [-0.2, -0.15) is 0 Å². The molecule has 2 aromatic rings. The summed E-state index contributed by atoms with van der Waals surface area (Å²) in [5.41, 5.74) is 1.27. The van der Waals surface area contributed by atoms with Crippen LogP contribution in [0.1, 0.15) is 22.8 Å². The molecule has 0 spiro atoms. The molecule has 0 saturated carbocycles. The molecule has 2 aromatic carbocycles. The second-order valence-electron chi connectivity index (χ2n) is 4.84. The summed E-state index contributed by atoms with van der Waals surface area (Å²) in [7, 11) is 0. The molecular formula is C18H14BrClO3. The number of Topliss-reactive ketones (excluding diaryl/α,β-unsaturated/α-hetero) is 1. The maximum Gasteiger partial charge on any atom is 0.331 e. The Balaban J connectivity index is 1.96. The van der Waals surface area contributed by atoms with E-state index >= 15 is 0 Å². The van der Waals surface area contributed by atoms with Crippen molar-refractivity contribution in [2.45, 2.75) is 13.0 Å². The first-order valence-electron chi connectivity index (χ1n) is 6.90. The van der Waals surface area contributed by atoms with Crippen LogP contribution >= 0.6 is 27.5 Å². The summed E-state index contributed by atoms with van der Waals surface area (Å²) < 4.78 is 6.08. The second kappa shape index (κ2) is 8.09. The number of carbonyl (C=O) groups excluding carboxylic acids is 2. The molecule has 2 rings (SSSR count). The number of carbonyl (C=O) groups is 2. The molecule has 0 saturated heterocycles. The minimum absolute atomic E-state index is 0.294. The van der Waals surface area contributed by atoms with Crippen LogP contribution in [0.2, 0.25) is 5.02 Å². The van der Waals surface area contributed by atoms with Crippen LogP contribution in [0.4, 0.5) is 0 Å². The predicted molar refractivity (Wildman–Crippen MR) is 94.5 cm³/mol. The molecule has 1 atom stereocenters. The van der Waals surface area contributed by atoms with E-state index in [2.05, 4.69) is 15.9 Å². The van der Waals surface area contributed by atoms with Crippen molar-refractivity contribution in [2.24, 2.45) is 0 Å². The van der Waals surface area contributed by atoms with Gasteiger partial charge >= 0.3 is 5.97 Å². The van der Waals surface area contributed by atoms with E-state index in [1.807, 2.05) is 24.3 Å². The van der Waals surface area contributed by atoms with Gasteiger partial charge in [-0.25, -0.2) is 4.79 Å². The van der Waals surface area contributed by atoms with Gasteiger partial charge in [-0.05, 0) is 42.8 Å². The van der Waals surface area contributed by atoms with Gasteiger partial charge < -0.3 is 4.74 Å². The highest BCUT2D eigenvalue weighted by Gasteiger charge is 2.18. The topological polar surface area (TPSA) is 43.4 Å². The maximum atomic E-state index is 12.2. The molecular weight excluding hydrogens is 380 g/mol. The van der Waals surface area contributed by atoms with E-state index in [0.717, 1.165) is 10.0 Å². The largest absolute Gasteiger partial charge is 0.451 e. The lowest BCUT2D eigenvalue weighted by Gasteiger charge is -2.11. The molecule has 0 fully saturated rings. The van der Waals surface area contributed by atoms with E-state index in [4.69, 9.17) is 16.3 Å². The lowest BCUT2D eigenvalue weighted by Crippen LogP contribution is -2.23. The van der Waals surface area contributed by atoms with E-state index in [9.17, 15) is 9.59 Å². The van der Waals surface area contributed by atoms with E-state index in [1.165, 1.54) is 13.0 Å². The third-order valence-electron chi connectivity index (χ3n) is 3.05. The zero-order valence-corrected chi connectivity index (χ0v) is 14.7. The number of halogens is 2. The van der Waals surface area contributed by atoms with Crippen LogP contribution in [-0.4, -0.2) is 17.9 Å². The van der Waals surface area contributed by atoms with Crippen LogP contribution in [0, 0.1) is 0 Å². The average molecular weight is 394 g/mol. The Morgan fingerprint density at radius 1 is 1.17 bits per heavy atom. The Morgan fingerprint density at radius 2 is 1.87 bits per heavy atom. The molecule has 0 aliphatic carbocycles. The van der Waals surface area contributed by atoms with Gasteiger partial charge in [-0.15, -0.1) is 0 Å². The number of hydrogen-bond donors (Lipinski definition) is 0. The van der Waals surface area contributed by atoms with Crippen molar-refractivity contribution in [3.63, 3.8) is 0 Å². The van der Waals surface area contributed by atoms with Gasteiger partial charge in [0.2, 0.25) is 5.78 Å². The third-order valence-corrected chi connectivity index (χ3v) is 3.82. The minimum Gasteiger partial charge on any atom is -0.451 e. The lowest BCUT2D eigenvalue weighted by atomic mass is 10.1. The Kier molecular flexibility index (Phi) is 6.13. The van der Waals surface area contributed by atoms with Crippen LogP contribution in [0.15, 0.2) is 59.1 Å². The summed E-state index contributed by atoms with van der Waals surface area (Å²) in [6.45, 7) is 1.54. The first-order valence-corrected chi connectivity index (χ1v) is 8.07. The van der Waals surface area contributed by atoms with E-state index in [-0.39, 0.29) is 5.78 Å². The first-order chi connectivity index (χ1) is 11.0. The molecule has 118 valence electrons. The average Bonchev–Trinajstić information content (AvgIpc) is 2.53. The van der Waals surface area contributed by atoms with Crippen molar-refractivity contribution in [3.8, 4) is 0 Å². The van der Waals surface area contributed by atoms with Crippen molar-refractivity contribution in [3.05, 3.63) is 75.2 Å². The number of ether oxygens (including phenoxy) is 1. The Morgan fingerprint density at radius 3 is 2.52 bits per heavy atom. The van der Waals surface area contributed by atoms with Gasteiger partial charge in [0.15, 0.2) is 6.10 Å². The SMILES string of the molecule is CC(OC(=O)/C=C/c1ccc(Br)cc1)C(=O)c1cccc(Cl)c1. The van der Waals surface area contributed by atoms with Gasteiger partial charge in [0.05, 0.1) is 0 Å². The normalized spacial score (nSPS) is 12.1. The Bertz CT molecular complexity index is 738. The van der Waals surface area contributed by atoms with Crippen LogP contribution in [0.3, 0.4) is 0 Å². The maximum absolute atomic E-state index is 12.2. The fraction of sp³-hybridized carbons (Fsp3) is 0.111. The van der Waals surface area contributed by atoms with Crippen LogP contribution in [0.5, 0.6) is 0 Å². The highest BCUT2D eigenvalue weighted by Crippen LogP contribution is 2.14. The standard InChI is InChI=1S/C18H14BrClO3/c1-12(18(22)14-3-2-4-16(20)11-14)23-17(21)10-7-13-5-8-15(19)9-6-13/h2-12H,1H3/b10-7+. The van der Waals surface area contributed by atoms with E-state index in [1.54, 1.807) is 30.3 Å². The number of ketones is 1. The van der Waals surface area contributed by atoms with Crippen molar-refractivity contribution in [1.29, 1.82) is 0 Å². The molecule has 0 aliphatic heterocycles. The number of benzene rings is 2. The fourth-order valence-electron chi connectivity index (χ4n) is 1.88. The first kappa shape index (κ1) is 17.4. The molecule has 5 heteroatoms. The zero-order chi connectivity index (χ0) is 16.8. The smallest absolute Gasteiger partial charge is 0.331 e. The second-order valence-corrected chi connectivity index (χ2v) is 6.19. The summed E-state index contributed by atoms with van der Waals surface area (Å²) in [4.78, 5) is 24.0. The van der Waals surface area contributed by atoms with Crippen molar-refractivity contribution >= 4 is 45.4 Å². The van der Waals surface area contributed by atoms with Crippen molar-refractivity contribution < 1.29 is 14.3 Å². The molecule has 0 aliphatic rings. The minimum atomic E-state index is -0.879. The van der Waals surface area contributed by atoms with Gasteiger partial charge in [-0.1, -0.05) is 51.8 Å². The van der Waals surface area contributed by atoms with Crippen molar-refractivity contribution in [2.75, 3.05) is 0 Å². The zero-order valence-electron chi connectivity index (χ0n) is 12.3. The fourth-order valence-corrected chi connectivity index (χ4v) is 2.34. The van der Waals surface area contributed by atoms with Gasteiger partial charge in [0.1, 0.15) is 0 Å². The molecule has 1 unspecified atom stereocenters. The Labute approximate surface area is 148 Å². The van der Waals surface area contributed by atoms with Crippen molar-refractivity contribution in [1.82, 2.24) is 0 Å². The third kappa shape index (κ3) is 5.34. The summed E-state index contributed by atoms with van der Waals surface area (Å²) in [6, 6.07) is 14.0. The number of rotatable bonds is 5. The van der Waals surface area contributed by atoms with E-state index in [0.29, 0.717) is 10.6 Å². The van der Waals surface area contributed by atoms with E-state index < -0.39 is 12.1 Å². The van der Waals surface area contributed by atoms with Crippen LogP contribution in [-0.2, 0) is 9.53 Å². The lowest BCUT2D eigenvalue weighted by molar-refractivity contribution is -0.140. The van der Waals surface area contributed by atoms with Gasteiger partial charge in [-0.3, -0.25) is 4.79 Å². The molecule has 3 nitrogen and oxygen atoms in total. The highest BCUT2D eigenvalue weighted by atomic mass is 79.9. The monoisotopic (exact) mass is 392 g/mol. The number of hydrogen-bond acceptors (Lipinski definition) is 3. The molecule has 0 aromatic heterocycles. The molecule has 0 radical (unpaired) electrons. The quantitative estimate of drug-likeness (QED) is 0.411. The molecule has 0 amide bonds. The van der Waals surface area contributed by atoms with Gasteiger partial charge in [0, 0.05) is 21.1 Å². The summed E-state index contributed by atoms with van der Waals surface area (Å²) >= 11 is 9.19. The summed E-state index contributed by atoms with van der Waals surface area (Å²) in [6.07, 6.45) is 2.05. The summed E-state index contributed by atoms with van der Waals surface area (Å²) in [5.74, 6) is -0.867. The predicted octanol–water partition coefficient (Wildman–Crippen LogP) is 4.93. The number of esters is 1. The summed E-state index contributed by atoms with van der Waals surface area (Å²) in [5, 5.41) is 0.463. The molecule has 0 N–H and O–H groups in total. The Hall–Kier alpha value is -1.91. The molecule has 0 bridgehead atoms. The molecule has 0 heterocycles. The molecule has 23 heavy (non-hydrogen) atoms. The van der Waals surface area contributed by atoms with Crippen LogP contribution in [0.25, 0.3) is 6.08 Å². The highest BCUT2D eigenvalue weighted by molar-refractivity contribution is 9.10. The van der Waals surface area contributed by atoms with Crippen LogP contribution < -0.4 is 0 Å².